The number of rotatable bonds is 4. The second-order valence-electron chi connectivity index (χ2n) is 8.23. The van der Waals surface area contributed by atoms with Crippen molar-refractivity contribution in [1.82, 2.24) is 4.90 Å². The van der Waals surface area contributed by atoms with E-state index in [1.807, 2.05) is 26.0 Å². The molecule has 0 aromatic heterocycles. The van der Waals surface area contributed by atoms with Crippen LogP contribution >= 0.6 is 11.6 Å². The smallest absolute Gasteiger partial charge is 0.145 e. The van der Waals surface area contributed by atoms with Crippen LogP contribution in [0.4, 0.5) is 8.78 Å². The van der Waals surface area contributed by atoms with Crippen LogP contribution in [0, 0.1) is 41.7 Å². The van der Waals surface area contributed by atoms with Crippen molar-refractivity contribution in [3.8, 4) is 6.07 Å². The van der Waals surface area contributed by atoms with Crippen molar-refractivity contribution < 1.29 is 18.7 Å². The van der Waals surface area contributed by atoms with Gasteiger partial charge in [0, 0.05) is 12.6 Å². The highest BCUT2D eigenvalue weighted by molar-refractivity contribution is 6.31. The number of halogens is 3. The second-order valence-corrected chi connectivity index (χ2v) is 8.64. The average molecular weight is 495 g/mol. The number of aldehydes is 1. The Morgan fingerprint density at radius 1 is 1.26 bits per heavy atom. The molecule has 0 bridgehead atoms. The van der Waals surface area contributed by atoms with Gasteiger partial charge in [0.05, 0.1) is 17.2 Å². The lowest BCUT2D eigenvalue weighted by molar-refractivity contribution is -0.110. The molecule has 1 N–H and O–H groups in total. The van der Waals surface area contributed by atoms with Crippen LogP contribution in [-0.2, 0) is 11.2 Å². The topological polar surface area (TPSA) is 64.3 Å². The first-order valence-corrected chi connectivity index (χ1v) is 11.8. The van der Waals surface area contributed by atoms with Gasteiger partial charge in [0.25, 0.3) is 0 Å². The Balaban J connectivity index is 0.000000445. The highest BCUT2D eigenvalue weighted by atomic mass is 35.5. The van der Waals surface area contributed by atoms with Gasteiger partial charge >= 0.3 is 0 Å². The molecule has 0 saturated carbocycles. The number of aliphatic hydroxyl groups is 1. The van der Waals surface area contributed by atoms with Crippen molar-refractivity contribution in [2.75, 3.05) is 26.7 Å². The van der Waals surface area contributed by atoms with E-state index in [-0.39, 0.29) is 6.61 Å². The molecule has 1 aliphatic rings. The molecule has 2 unspecified atom stereocenters. The summed E-state index contributed by atoms with van der Waals surface area (Å²) in [7, 11) is 2.22. The Hall–Kier alpha value is -2.33. The van der Waals surface area contributed by atoms with Gasteiger partial charge in [-0.1, -0.05) is 50.9 Å². The van der Waals surface area contributed by atoms with E-state index in [1.165, 1.54) is 38.1 Å². The second kappa shape index (κ2) is 18.1. The van der Waals surface area contributed by atoms with Gasteiger partial charge in [0.1, 0.15) is 24.0 Å². The Morgan fingerprint density at radius 2 is 1.91 bits per heavy atom. The lowest BCUT2D eigenvalue weighted by Gasteiger charge is -2.16. The number of nitrogens with zero attached hydrogens (tertiary/aromatic N) is 2. The summed E-state index contributed by atoms with van der Waals surface area (Å²) in [6.07, 6.45) is 3.80. The van der Waals surface area contributed by atoms with Gasteiger partial charge < -0.3 is 14.8 Å². The van der Waals surface area contributed by atoms with Gasteiger partial charge in [-0.15, -0.1) is 0 Å². The molecule has 188 valence electrons. The molecule has 0 amide bonds. The lowest BCUT2D eigenvalue weighted by Crippen LogP contribution is -2.17. The van der Waals surface area contributed by atoms with E-state index in [9.17, 15) is 8.78 Å². The third-order valence-electron chi connectivity index (χ3n) is 5.59. The van der Waals surface area contributed by atoms with E-state index in [4.69, 9.17) is 26.8 Å². The van der Waals surface area contributed by atoms with Gasteiger partial charge in [0.2, 0.25) is 0 Å². The molecule has 2 aromatic carbocycles. The molecule has 3 rings (SSSR count). The maximum atomic E-state index is 12.6. The minimum atomic E-state index is -0.519. The van der Waals surface area contributed by atoms with E-state index >= 15 is 0 Å². The van der Waals surface area contributed by atoms with Crippen molar-refractivity contribution in [1.29, 1.82) is 5.26 Å². The minimum absolute atomic E-state index is 0.361. The highest BCUT2D eigenvalue weighted by Gasteiger charge is 2.23. The van der Waals surface area contributed by atoms with Gasteiger partial charge in [-0.3, -0.25) is 0 Å². The van der Waals surface area contributed by atoms with Gasteiger partial charge in [-0.2, -0.15) is 5.26 Å². The maximum absolute atomic E-state index is 12.6. The standard InChI is InChI=1S/C9H19N.C8H6ClN.C8H8F2.C2H4O2/c1-4-8(2)9-5-6-10(3)7-9;1-6-2-3-7(5-10)8(9)4-6;1-2-6-3-4-7(9)5-8(6)10;3-1-2-4/h8-9H,4-7H2,1-3H3;2-4H,1H3;3-5H,2H2,1H3;1,4H,2H2. The quantitative estimate of drug-likeness (QED) is 0.513. The van der Waals surface area contributed by atoms with Crippen LogP contribution in [0.5, 0.6) is 0 Å². The van der Waals surface area contributed by atoms with Crippen LogP contribution in [0.3, 0.4) is 0 Å². The monoisotopic (exact) mass is 494 g/mol. The summed E-state index contributed by atoms with van der Waals surface area (Å²) in [5.41, 5.74) is 2.16. The summed E-state index contributed by atoms with van der Waals surface area (Å²) in [6, 6.07) is 11.0. The first kappa shape index (κ1) is 31.7. The number of carbonyl (C=O) groups is 1. The molecule has 2 atom stereocenters. The fourth-order valence-corrected chi connectivity index (χ4v) is 3.56. The molecule has 1 heterocycles. The maximum Gasteiger partial charge on any atom is 0.145 e. The average Bonchev–Trinajstić information content (AvgIpc) is 3.26. The molecule has 2 aromatic rings. The van der Waals surface area contributed by atoms with Crippen molar-refractivity contribution in [3.05, 3.63) is 69.7 Å². The highest BCUT2D eigenvalue weighted by Crippen LogP contribution is 2.24. The molecular weight excluding hydrogens is 458 g/mol. The van der Waals surface area contributed by atoms with Crippen LogP contribution in [0.2, 0.25) is 5.02 Å². The number of hydrogen-bond donors (Lipinski definition) is 1. The summed E-state index contributed by atoms with van der Waals surface area (Å²) in [5, 5.41) is 16.5. The van der Waals surface area contributed by atoms with E-state index in [0.717, 1.165) is 23.5 Å². The Labute approximate surface area is 208 Å². The van der Waals surface area contributed by atoms with E-state index in [0.29, 0.717) is 28.9 Å². The SMILES string of the molecule is CCC(C)C1CCN(C)C1.CCc1ccc(F)cc1F.Cc1ccc(C#N)c(Cl)c1.O=CCO. The van der Waals surface area contributed by atoms with Gasteiger partial charge in [0.15, 0.2) is 0 Å². The zero-order valence-corrected chi connectivity index (χ0v) is 21.6. The minimum Gasteiger partial charge on any atom is -0.389 e. The summed E-state index contributed by atoms with van der Waals surface area (Å²) >= 11 is 5.71. The number of nitriles is 1. The molecule has 4 nitrogen and oxygen atoms in total. The van der Waals surface area contributed by atoms with Crippen molar-refractivity contribution in [2.45, 2.75) is 47.0 Å². The number of hydrogen-bond acceptors (Lipinski definition) is 4. The number of likely N-dealkylation sites (tertiary alicyclic amines) is 1. The molecule has 34 heavy (non-hydrogen) atoms. The van der Waals surface area contributed by atoms with E-state index in [2.05, 4.69) is 25.8 Å². The zero-order chi connectivity index (χ0) is 26.1. The normalized spacial score (nSPS) is 15.4. The van der Waals surface area contributed by atoms with Crippen molar-refractivity contribution in [2.24, 2.45) is 11.8 Å². The van der Waals surface area contributed by atoms with Crippen molar-refractivity contribution in [3.63, 3.8) is 0 Å². The van der Waals surface area contributed by atoms with Crippen LogP contribution in [0.15, 0.2) is 36.4 Å². The molecule has 1 saturated heterocycles. The first-order chi connectivity index (χ1) is 16.1. The first-order valence-electron chi connectivity index (χ1n) is 11.5. The van der Waals surface area contributed by atoms with Gasteiger partial charge in [-0.05, 0) is 74.5 Å². The number of benzene rings is 2. The van der Waals surface area contributed by atoms with E-state index < -0.39 is 11.6 Å². The van der Waals surface area contributed by atoms with Crippen LogP contribution in [-0.4, -0.2) is 43.0 Å². The summed E-state index contributed by atoms with van der Waals surface area (Å²) in [4.78, 5) is 11.4. The van der Waals surface area contributed by atoms with Crippen LogP contribution < -0.4 is 0 Å². The third-order valence-corrected chi connectivity index (χ3v) is 5.90. The Morgan fingerprint density at radius 3 is 2.32 bits per heavy atom. The molecule has 1 aliphatic heterocycles. The Kier molecular flexibility index (Phi) is 16.8. The zero-order valence-electron chi connectivity index (χ0n) is 20.8. The number of aliphatic hydroxyl groups excluding tert-OH is 1. The number of carbonyl (C=O) groups excluding carboxylic acids is 1. The Bertz CT molecular complexity index is 903. The van der Waals surface area contributed by atoms with Crippen molar-refractivity contribution >= 4 is 17.9 Å². The molecule has 1 fully saturated rings. The van der Waals surface area contributed by atoms with Crippen LogP contribution in [0.1, 0.15) is 50.3 Å². The predicted molar refractivity (Wildman–Crippen MR) is 135 cm³/mol. The fraction of sp³-hybridized carbons (Fsp3) is 0.481. The predicted octanol–water partition coefficient (Wildman–Crippen LogP) is 6.21. The molecular formula is C27H37ClF2N2O2. The molecule has 7 heteroatoms. The summed E-state index contributed by atoms with van der Waals surface area (Å²) in [6.45, 7) is 10.7. The summed E-state index contributed by atoms with van der Waals surface area (Å²) in [5.74, 6) is 0.942. The van der Waals surface area contributed by atoms with Crippen LogP contribution in [0.25, 0.3) is 0 Å². The molecule has 0 spiro atoms. The van der Waals surface area contributed by atoms with Gasteiger partial charge in [-0.25, -0.2) is 8.78 Å². The lowest BCUT2D eigenvalue weighted by atomic mass is 9.91. The summed E-state index contributed by atoms with van der Waals surface area (Å²) < 4.78 is 24.9. The van der Waals surface area contributed by atoms with E-state index in [1.54, 1.807) is 12.1 Å². The fourth-order valence-electron chi connectivity index (χ4n) is 3.29. The largest absolute Gasteiger partial charge is 0.389 e. The molecule has 0 aliphatic carbocycles. The third kappa shape index (κ3) is 12.8. The molecule has 0 radical (unpaired) electrons. The number of aryl methyl sites for hydroxylation is 2.